The van der Waals surface area contributed by atoms with Crippen molar-refractivity contribution in [3.8, 4) is 0 Å². The van der Waals surface area contributed by atoms with E-state index in [4.69, 9.17) is 0 Å². The summed E-state index contributed by atoms with van der Waals surface area (Å²) in [5.41, 5.74) is 1.87. The third-order valence-electron chi connectivity index (χ3n) is 3.00. The van der Waals surface area contributed by atoms with Gasteiger partial charge in [0.25, 0.3) is 0 Å². The van der Waals surface area contributed by atoms with E-state index in [1.165, 1.54) is 0 Å². The van der Waals surface area contributed by atoms with Crippen LogP contribution >= 0.6 is 31.9 Å². The Labute approximate surface area is 135 Å². The van der Waals surface area contributed by atoms with Crippen LogP contribution in [0.2, 0.25) is 0 Å². The molecule has 0 aliphatic carbocycles. The maximum atomic E-state index is 12.4. The summed E-state index contributed by atoms with van der Waals surface area (Å²) in [5, 5.41) is 0. The third kappa shape index (κ3) is 3.33. The van der Waals surface area contributed by atoms with Gasteiger partial charge in [0.1, 0.15) is 0 Å². The molecule has 1 heterocycles. The second-order valence-corrected chi connectivity index (χ2v) is 7.91. The molecule has 2 aromatic rings. The monoisotopic (exact) mass is 420 g/mol. The first-order chi connectivity index (χ1) is 9.31. The Morgan fingerprint density at radius 3 is 2.55 bits per heavy atom. The molecule has 0 aliphatic heterocycles. The quantitative estimate of drug-likeness (QED) is 0.822. The lowest BCUT2D eigenvalue weighted by Gasteiger charge is -2.11. The summed E-state index contributed by atoms with van der Waals surface area (Å²) in [5.74, 6) is 0. The van der Waals surface area contributed by atoms with Crippen molar-refractivity contribution in [2.75, 3.05) is 0 Å². The highest BCUT2D eigenvalue weighted by atomic mass is 79.9. The van der Waals surface area contributed by atoms with Gasteiger partial charge in [-0.25, -0.2) is 13.1 Å². The number of sulfonamides is 1. The van der Waals surface area contributed by atoms with Gasteiger partial charge in [0.15, 0.2) is 0 Å². The summed E-state index contributed by atoms with van der Waals surface area (Å²) < 4.78 is 30.5. The van der Waals surface area contributed by atoms with Crippen LogP contribution in [-0.2, 0) is 23.6 Å². The molecule has 0 amide bonds. The van der Waals surface area contributed by atoms with Gasteiger partial charge >= 0.3 is 0 Å². The van der Waals surface area contributed by atoms with Crippen LogP contribution in [0.25, 0.3) is 0 Å². The van der Waals surface area contributed by atoms with E-state index >= 15 is 0 Å². The van der Waals surface area contributed by atoms with Crippen LogP contribution in [0.1, 0.15) is 11.3 Å². The molecule has 4 nitrogen and oxygen atoms in total. The predicted octanol–water partition coefficient (Wildman–Crippen LogP) is 3.34. The maximum absolute atomic E-state index is 12.4. The summed E-state index contributed by atoms with van der Waals surface area (Å²) in [7, 11) is -1.69. The van der Waals surface area contributed by atoms with Gasteiger partial charge in [-0.05, 0) is 52.7 Å². The van der Waals surface area contributed by atoms with Crippen LogP contribution in [0.15, 0.2) is 44.3 Å². The van der Waals surface area contributed by atoms with Crippen molar-refractivity contribution in [3.05, 3.63) is 50.7 Å². The smallest absolute Gasteiger partial charge is 0.242 e. The van der Waals surface area contributed by atoms with Gasteiger partial charge in [-0.15, -0.1) is 0 Å². The minimum absolute atomic E-state index is 0.226. The van der Waals surface area contributed by atoms with E-state index in [0.29, 0.717) is 4.47 Å². The molecule has 0 bridgehead atoms. The van der Waals surface area contributed by atoms with Crippen molar-refractivity contribution in [1.29, 1.82) is 0 Å². The van der Waals surface area contributed by atoms with Crippen molar-refractivity contribution in [2.45, 2.75) is 18.4 Å². The minimum Gasteiger partial charge on any atom is -0.353 e. The van der Waals surface area contributed by atoms with E-state index in [1.807, 2.05) is 36.9 Å². The topological polar surface area (TPSA) is 51.1 Å². The summed E-state index contributed by atoms with van der Waals surface area (Å²) >= 11 is 6.66. The molecule has 0 saturated heterocycles. The molecule has 0 aliphatic rings. The fourth-order valence-corrected chi connectivity index (χ4v) is 4.43. The standard InChI is InChI=1S/C13H14Br2N2O2S/c1-9-6-12(15)13(7-11(9)14)20(18,19)16-8-10-4-3-5-17(10)2/h3-7,16H,8H2,1-2H3. The second kappa shape index (κ2) is 6.01. The molecular weight excluding hydrogens is 408 g/mol. The average molecular weight is 422 g/mol. The molecule has 2 rings (SSSR count). The zero-order valence-corrected chi connectivity index (χ0v) is 15.0. The Balaban J connectivity index is 2.27. The SMILES string of the molecule is Cc1cc(Br)c(S(=O)(=O)NCc2cccn2C)cc1Br. The molecule has 0 radical (unpaired) electrons. The number of hydrogen-bond donors (Lipinski definition) is 1. The number of rotatable bonds is 4. The number of aryl methyl sites for hydroxylation is 2. The van der Waals surface area contributed by atoms with Crippen molar-refractivity contribution in [2.24, 2.45) is 7.05 Å². The highest BCUT2D eigenvalue weighted by molar-refractivity contribution is 9.11. The van der Waals surface area contributed by atoms with E-state index in [9.17, 15) is 8.42 Å². The Hall–Kier alpha value is -0.630. The van der Waals surface area contributed by atoms with Crippen LogP contribution in [0.5, 0.6) is 0 Å². The van der Waals surface area contributed by atoms with Crippen molar-refractivity contribution in [1.82, 2.24) is 9.29 Å². The summed E-state index contributed by atoms with van der Waals surface area (Å²) in [6.45, 7) is 2.16. The van der Waals surface area contributed by atoms with Crippen molar-refractivity contribution >= 4 is 41.9 Å². The molecule has 108 valence electrons. The van der Waals surface area contributed by atoms with E-state index < -0.39 is 10.0 Å². The Kier molecular flexibility index (Phi) is 4.73. The van der Waals surface area contributed by atoms with E-state index in [2.05, 4.69) is 36.6 Å². The number of nitrogens with one attached hydrogen (secondary N) is 1. The predicted molar refractivity (Wildman–Crippen MR) is 86.0 cm³/mol. The van der Waals surface area contributed by atoms with Gasteiger partial charge in [0.2, 0.25) is 10.0 Å². The van der Waals surface area contributed by atoms with Gasteiger partial charge < -0.3 is 4.57 Å². The first-order valence-corrected chi connectivity index (χ1v) is 8.93. The van der Waals surface area contributed by atoms with Crippen LogP contribution in [-0.4, -0.2) is 13.0 Å². The van der Waals surface area contributed by atoms with Gasteiger partial charge in [0.05, 0.1) is 11.4 Å². The van der Waals surface area contributed by atoms with Crippen molar-refractivity contribution in [3.63, 3.8) is 0 Å². The molecule has 1 N–H and O–H groups in total. The number of hydrogen-bond acceptors (Lipinski definition) is 2. The van der Waals surface area contributed by atoms with Crippen LogP contribution in [0, 0.1) is 6.92 Å². The highest BCUT2D eigenvalue weighted by Crippen LogP contribution is 2.28. The summed E-state index contributed by atoms with van der Waals surface area (Å²) in [6, 6.07) is 7.14. The molecule has 0 atom stereocenters. The normalized spacial score (nSPS) is 11.8. The molecular formula is C13H14Br2N2O2S. The fraction of sp³-hybridized carbons (Fsp3) is 0.231. The first kappa shape index (κ1) is 15.8. The fourth-order valence-electron chi connectivity index (χ4n) is 1.76. The van der Waals surface area contributed by atoms with Crippen LogP contribution in [0.3, 0.4) is 0 Å². The number of benzene rings is 1. The summed E-state index contributed by atoms with van der Waals surface area (Å²) in [4.78, 5) is 0.226. The lowest BCUT2D eigenvalue weighted by atomic mass is 10.2. The van der Waals surface area contributed by atoms with Crippen LogP contribution < -0.4 is 4.72 Å². The van der Waals surface area contributed by atoms with Gasteiger partial charge in [-0.3, -0.25) is 0 Å². The largest absolute Gasteiger partial charge is 0.353 e. The molecule has 20 heavy (non-hydrogen) atoms. The Bertz CT molecular complexity index is 739. The van der Waals surface area contributed by atoms with Gasteiger partial charge in [0, 0.05) is 27.9 Å². The lowest BCUT2D eigenvalue weighted by Crippen LogP contribution is -2.24. The maximum Gasteiger partial charge on any atom is 0.242 e. The number of nitrogens with zero attached hydrogens (tertiary/aromatic N) is 1. The molecule has 7 heteroatoms. The van der Waals surface area contributed by atoms with Gasteiger partial charge in [-0.1, -0.05) is 15.9 Å². The molecule has 1 aromatic heterocycles. The average Bonchev–Trinajstić information content (AvgIpc) is 2.77. The molecule has 0 unspecified atom stereocenters. The molecule has 0 spiro atoms. The molecule has 0 saturated carbocycles. The zero-order chi connectivity index (χ0) is 14.9. The van der Waals surface area contributed by atoms with Gasteiger partial charge in [-0.2, -0.15) is 0 Å². The van der Waals surface area contributed by atoms with Crippen molar-refractivity contribution < 1.29 is 8.42 Å². The zero-order valence-electron chi connectivity index (χ0n) is 11.0. The first-order valence-electron chi connectivity index (χ1n) is 5.87. The van der Waals surface area contributed by atoms with E-state index in [0.717, 1.165) is 15.7 Å². The molecule has 1 aromatic carbocycles. The minimum atomic E-state index is -3.56. The third-order valence-corrected chi connectivity index (χ3v) is 6.21. The van der Waals surface area contributed by atoms with Crippen LogP contribution in [0.4, 0.5) is 0 Å². The molecule has 0 fully saturated rings. The number of aromatic nitrogens is 1. The highest BCUT2D eigenvalue weighted by Gasteiger charge is 2.19. The Morgan fingerprint density at radius 1 is 1.25 bits per heavy atom. The Morgan fingerprint density at radius 2 is 1.95 bits per heavy atom. The summed E-state index contributed by atoms with van der Waals surface area (Å²) in [6.07, 6.45) is 1.88. The second-order valence-electron chi connectivity index (χ2n) is 4.47. The lowest BCUT2D eigenvalue weighted by molar-refractivity contribution is 0.578. The number of halogens is 2. The van der Waals surface area contributed by atoms with E-state index in [1.54, 1.807) is 12.1 Å². The van der Waals surface area contributed by atoms with E-state index in [-0.39, 0.29) is 11.4 Å².